The minimum Gasteiger partial charge on any atom is -0.367 e. The third-order valence-electron chi connectivity index (χ3n) is 4.71. The SMILES string of the molecule is C=CS(=O)(=O)N1CCC(Nc2cc(-c3cc(Cl)c(Cl)cc3C)ccn2)CC1. The molecule has 0 amide bonds. The Balaban J connectivity index is 1.73. The van der Waals surface area contributed by atoms with Crippen LogP contribution in [-0.2, 0) is 10.0 Å². The maximum Gasteiger partial charge on any atom is 0.235 e. The van der Waals surface area contributed by atoms with Crippen LogP contribution < -0.4 is 5.32 Å². The van der Waals surface area contributed by atoms with Gasteiger partial charge in [0.05, 0.1) is 10.0 Å². The Morgan fingerprint density at radius 1 is 1.22 bits per heavy atom. The van der Waals surface area contributed by atoms with E-state index in [9.17, 15) is 8.42 Å². The highest BCUT2D eigenvalue weighted by atomic mass is 35.5. The van der Waals surface area contributed by atoms with Crippen molar-refractivity contribution in [3.63, 3.8) is 0 Å². The summed E-state index contributed by atoms with van der Waals surface area (Å²) in [6, 6.07) is 7.77. The number of aromatic nitrogens is 1. The zero-order valence-corrected chi connectivity index (χ0v) is 17.3. The molecule has 0 aliphatic carbocycles. The number of piperidine rings is 1. The van der Waals surface area contributed by atoms with Gasteiger partial charge in [0.25, 0.3) is 0 Å². The van der Waals surface area contributed by atoms with E-state index in [2.05, 4.69) is 16.9 Å². The summed E-state index contributed by atoms with van der Waals surface area (Å²) >= 11 is 12.2. The highest BCUT2D eigenvalue weighted by Gasteiger charge is 2.26. The normalized spacial score (nSPS) is 16.3. The van der Waals surface area contributed by atoms with E-state index in [0.29, 0.717) is 36.0 Å². The van der Waals surface area contributed by atoms with Crippen LogP contribution in [0.3, 0.4) is 0 Å². The number of nitrogens with zero attached hydrogens (tertiary/aromatic N) is 2. The largest absolute Gasteiger partial charge is 0.367 e. The standard InChI is InChI=1S/C19H21Cl2N3O2S/c1-3-27(25,26)24-8-5-15(6-9-24)23-19-11-14(4-7-22-19)16-12-18(21)17(20)10-13(16)2/h3-4,7,10-12,15H,1,5-6,8-9H2,2H3,(H,22,23). The van der Waals surface area contributed by atoms with Gasteiger partial charge in [-0.05, 0) is 60.7 Å². The summed E-state index contributed by atoms with van der Waals surface area (Å²) in [7, 11) is -3.34. The first kappa shape index (κ1) is 20.1. The van der Waals surface area contributed by atoms with Crippen molar-refractivity contribution in [1.82, 2.24) is 9.29 Å². The molecule has 5 nitrogen and oxygen atoms in total. The number of nitrogens with one attached hydrogen (secondary N) is 1. The van der Waals surface area contributed by atoms with E-state index in [1.807, 2.05) is 31.2 Å². The molecule has 3 rings (SSSR count). The van der Waals surface area contributed by atoms with Crippen LogP contribution in [0.25, 0.3) is 11.1 Å². The fourth-order valence-corrected chi connectivity index (χ4v) is 4.52. The number of hydrogen-bond donors (Lipinski definition) is 1. The first-order valence-corrected chi connectivity index (χ1v) is 10.9. The van der Waals surface area contributed by atoms with Crippen LogP contribution in [0.1, 0.15) is 18.4 Å². The number of hydrogen-bond acceptors (Lipinski definition) is 4. The number of rotatable bonds is 5. The van der Waals surface area contributed by atoms with Crippen LogP contribution in [0.15, 0.2) is 42.4 Å². The molecule has 1 aromatic heterocycles. The lowest BCUT2D eigenvalue weighted by atomic mass is 10.0. The quantitative estimate of drug-likeness (QED) is 0.752. The average molecular weight is 426 g/mol. The van der Waals surface area contributed by atoms with Crippen molar-refractivity contribution in [2.75, 3.05) is 18.4 Å². The highest BCUT2D eigenvalue weighted by Crippen LogP contribution is 2.32. The molecule has 0 unspecified atom stereocenters. The van der Waals surface area contributed by atoms with Gasteiger partial charge in [0.1, 0.15) is 5.82 Å². The Morgan fingerprint density at radius 2 is 1.89 bits per heavy atom. The van der Waals surface area contributed by atoms with Gasteiger partial charge in [-0.1, -0.05) is 29.8 Å². The monoisotopic (exact) mass is 425 g/mol. The van der Waals surface area contributed by atoms with Crippen LogP contribution in [0.4, 0.5) is 5.82 Å². The Labute approximate surface area is 170 Å². The molecule has 27 heavy (non-hydrogen) atoms. The molecular weight excluding hydrogens is 405 g/mol. The summed E-state index contributed by atoms with van der Waals surface area (Å²) in [6.45, 7) is 6.31. The molecule has 0 bridgehead atoms. The first-order valence-electron chi connectivity index (χ1n) is 8.61. The molecule has 2 aromatic rings. The molecule has 1 aliphatic heterocycles. The lowest BCUT2D eigenvalue weighted by Gasteiger charge is -2.31. The average Bonchev–Trinajstić information content (AvgIpc) is 2.65. The predicted molar refractivity (Wildman–Crippen MR) is 112 cm³/mol. The molecule has 1 saturated heterocycles. The van der Waals surface area contributed by atoms with E-state index < -0.39 is 10.0 Å². The summed E-state index contributed by atoms with van der Waals surface area (Å²) in [5.74, 6) is 0.753. The Hall–Kier alpha value is -1.60. The number of halogens is 2. The maximum absolute atomic E-state index is 11.9. The van der Waals surface area contributed by atoms with Gasteiger partial charge in [-0.15, -0.1) is 0 Å². The summed E-state index contributed by atoms with van der Waals surface area (Å²) in [6.07, 6.45) is 3.17. The molecule has 1 aromatic carbocycles. The maximum atomic E-state index is 11.9. The zero-order valence-electron chi connectivity index (χ0n) is 15.0. The van der Waals surface area contributed by atoms with E-state index in [4.69, 9.17) is 23.2 Å². The van der Waals surface area contributed by atoms with Crippen LogP contribution in [0, 0.1) is 6.92 Å². The molecule has 8 heteroatoms. The summed E-state index contributed by atoms with van der Waals surface area (Å²) < 4.78 is 25.2. The van der Waals surface area contributed by atoms with Gasteiger partial charge < -0.3 is 5.32 Å². The minimum absolute atomic E-state index is 0.166. The molecular formula is C19H21Cl2N3O2S. The van der Waals surface area contributed by atoms with Crippen molar-refractivity contribution < 1.29 is 8.42 Å². The highest BCUT2D eigenvalue weighted by molar-refractivity contribution is 7.92. The van der Waals surface area contributed by atoms with Crippen molar-refractivity contribution in [2.45, 2.75) is 25.8 Å². The van der Waals surface area contributed by atoms with E-state index >= 15 is 0 Å². The number of pyridine rings is 1. The second-order valence-corrected chi connectivity index (χ2v) is 9.23. The second-order valence-electron chi connectivity index (χ2n) is 6.54. The number of aryl methyl sites for hydroxylation is 1. The smallest absolute Gasteiger partial charge is 0.235 e. The zero-order chi connectivity index (χ0) is 19.6. The van der Waals surface area contributed by atoms with Crippen molar-refractivity contribution in [1.29, 1.82) is 0 Å². The summed E-state index contributed by atoms with van der Waals surface area (Å²) in [5, 5.41) is 5.46. The Morgan fingerprint density at radius 3 is 2.56 bits per heavy atom. The topological polar surface area (TPSA) is 62.3 Å². The van der Waals surface area contributed by atoms with Crippen LogP contribution in [-0.4, -0.2) is 36.8 Å². The Kier molecular flexibility index (Phi) is 6.11. The van der Waals surface area contributed by atoms with Crippen LogP contribution >= 0.6 is 23.2 Å². The molecule has 2 heterocycles. The molecule has 1 N–H and O–H groups in total. The van der Waals surface area contributed by atoms with Crippen LogP contribution in [0.2, 0.25) is 10.0 Å². The van der Waals surface area contributed by atoms with Gasteiger partial charge in [0.2, 0.25) is 10.0 Å². The van der Waals surface area contributed by atoms with Crippen LogP contribution in [0.5, 0.6) is 0 Å². The Bertz CT molecular complexity index is 955. The van der Waals surface area contributed by atoms with Crippen molar-refractivity contribution in [3.05, 3.63) is 58.1 Å². The van der Waals surface area contributed by atoms with Gasteiger partial charge in [-0.2, -0.15) is 4.31 Å². The number of anilines is 1. The van der Waals surface area contributed by atoms with Crippen molar-refractivity contribution in [2.24, 2.45) is 0 Å². The number of sulfonamides is 1. The third-order valence-corrected chi connectivity index (χ3v) is 6.94. The molecule has 1 aliphatic rings. The molecule has 144 valence electrons. The first-order chi connectivity index (χ1) is 12.8. The predicted octanol–water partition coefficient (Wildman–Crippen LogP) is 4.71. The van der Waals surface area contributed by atoms with Gasteiger partial charge in [0, 0.05) is 30.7 Å². The van der Waals surface area contributed by atoms with Gasteiger partial charge in [-0.25, -0.2) is 13.4 Å². The van der Waals surface area contributed by atoms with Crippen molar-refractivity contribution in [3.8, 4) is 11.1 Å². The lowest BCUT2D eigenvalue weighted by molar-refractivity contribution is 0.333. The van der Waals surface area contributed by atoms with Gasteiger partial charge >= 0.3 is 0 Å². The lowest BCUT2D eigenvalue weighted by Crippen LogP contribution is -2.41. The van der Waals surface area contributed by atoms with Crippen molar-refractivity contribution >= 4 is 39.0 Å². The molecule has 0 atom stereocenters. The second kappa shape index (κ2) is 8.19. The summed E-state index contributed by atoms with van der Waals surface area (Å²) in [5.41, 5.74) is 3.03. The van der Waals surface area contributed by atoms with Gasteiger partial charge in [-0.3, -0.25) is 0 Å². The van der Waals surface area contributed by atoms with E-state index in [1.165, 1.54) is 4.31 Å². The van der Waals surface area contributed by atoms with E-state index in [1.54, 1.807) is 6.20 Å². The van der Waals surface area contributed by atoms with E-state index in [0.717, 1.165) is 27.9 Å². The van der Waals surface area contributed by atoms with Gasteiger partial charge in [0.15, 0.2) is 0 Å². The fraction of sp³-hybridized carbons (Fsp3) is 0.316. The number of benzene rings is 1. The summed E-state index contributed by atoms with van der Waals surface area (Å²) in [4.78, 5) is 4.39. The molecule has 1 fully saturated rings. The molecule has 0 spiro atoms. The molecule has 0 radical (unpaired) electrons. The fourth-order valence-electron chi connectivity index (χ4n) is 3.20. The third kappa shape index (κ3) is 4.63. The molecule has 0 saturated carbocycles. The minimum atomic E-state index is -3.34. The van der Waals surface area contributed by atoms with E-state index in [-0.39, 0.29) is 6.04 Å².